The number of nitrogens with one attached hydrogen (secondary N) is 1. The zero-order valence-corrected chi connectivity index (χ0v) is 14.3. The summed E-state index contributed by atoms with van der Waals surface area (Å²) in [5.74, 6) is -0.383. The van der Waals surface area contributed by atoms with E-state index in [1.54, 1.807) is 12.1 Å². The second kappa shape index (κ2) is 7.75. The number of carboxylic acid groups (broad SMARTS) is 1. The second-order valence-electron chi connectivity index (χ2n) is 7.13. The summed E-state index contributed by atoms with van der Waals surface area (Å²) in [6.45, 7) is 4.48. The summed E-state index contributed by atoms with van der Waals surface area (Å²) in [4.78, 5) is 22.4. The molecule has 0 spiro atoms. The first-order valence-electron chi connectivity index (χ1n) is 8.57. The first kappa shape index (κ1) is 18.4. The average molecular weight is 334 g/mol. The van der Waals surface area contributed by atoms with Crippen LogP contribution in [0.15, 0.2) is 24.3 Å². The molecule has 0 radical (unpaired) electrons. The van der Waals surface area contributed by atoms with Crippen LogP contribution >= 0.6 is 0 Å². The maximum absolute atomic E-state index is 12.2. The number of non-ortho nitro benzene ring substituents is 1. The summed E-state index contributed by atoms with van der Waals surface area (Å²) in [5, 5.41) is 24.0. The number of hydrogen-bond donors (Lipinski definition) is 2. The van der Waals surface area contributed by atoms with Gasteiger partial charge in [0, 0.05) is 18.7 Å². The number of nitrogens with zero attached hydrogens (tertiary/aromatic N) is 1. The molecule has 1 aliphatic rings. The van der Waals surface area contributed by atoms with Crippen LogP contribution < -0.4 is 5.32 Å². The summed E-state index contributed by atoms with van der Waals surface area (Å²) < 4.78 is 0. The van der Waals surface area contributed by atoms with Gasteiger partial charge in [-0.3, -0.25) is 20.2 Å². The van der Waals surface area contributed by atoms with Gasteiger partial charge in [0.1, 0.15) is 5.54 Å². The van der Waals surface area contributed by atoms with Gasteiger partial charge >= 0.3 is 5.97 Å². The number of rotatable bonds is 8. The summed E-state index contributed by atoms with van der Waals surface area (Å²) in [6, 6.07) is 6.28. The molecule has 2 N–H and O–H groups in total. The van der Waals surface area contributed by atoms with E-state index in [0.29, 0.717) is 13.0 Å². The van der Waals surface area contributed by atoms with Crippen molar-refractivity contribution >= 4 is 11.7 Å². The zero-order valence-electron chi connectivity index (χ0n) is 14.3. The van der Waals surface area contributed by atoms with Crippen molar-refractivity contribution in [1.29, 1.82) is 0 Å². The van der Waals surface area contributed by atoms with Crippen molar-refractivity contribution in [2.75, 3.05) is 0 Å². The van der Waals surface area contributed by atoms with Crippen molar-refractivity contribution in [3.8, 4) is 0 Å². The van der Waals surface area contributed by atoms with Gasteiger partial charge in [-0.05, 0) is 36.7 Å². The Morgan fingerprint density at radius 1 is 1.33 bits per heavy atom. The molecule has 1 fully saturated rings. The highest BCUT2D eigenvalue weighted by atomic mass is 16.6. The smallest absolute Gasteiger partial charge is 0.324 e. The molecule has 6 heteroatoms. The Bertz CT molecular complexity index is 579. The van der Waals surface area contributed by atoms with Gasteiger partial charge < -0.3 is 5.11 Å². The fourth-order valence-corrected chi connectivity index (χ4v) is 3.78. The molecule has 132 valence electrons. The molecule has 0 amide bonds. The topological polar surface area (TPSA) is 92.5 Å². The van der Waals surface area contributed by atoms with Crippen molar-refractivity contribution in [2.45, 2.75) is 58.0 Å². The predicted octanol–water partition coefficient (Wildman–Crippen LogP) is 3.74. The third kappa shape index (κ3) is 4.12. The number of hydrogen-bond acceptors (Lipinski definition) is 4. The van der Waals surface area contributed by atoms with Crippen LogP contribution in [0.3, 0.4) is 0 Å². The van der Waals surface area contributed by atoms with Crippen LogP contribution in [0.1, 0.15) is 51.5 Å². The SMILES string of the molecule is CC(C)CC(NCc1ccc([N+](=O)[O-])cc1)(C(=O)O)C1CCCC1. The van der Waals surface area contributed by atoms with Crippen molar-refractivity contribution in [2.24, 2.45) is 11.8 Å². The first-order valence-corrected chi connectivity index (χ1v) is 8.57. The summed E-state index contributed by atoms with van der Waals surface area (Å²) >= 11 is 0. The van der Waals surface area contributed by atoms with Gasteiger partial charge in [0.2, 0.25) is 0 Å². The molecule has 6 nitrogen and oxygen atoms in total. The second-order valence-corrected chi connectivity index (χ2v) is 7.13. The van der Waals surface area contributed by atoms with Gasteiger partial charge in [-0.1, -0.05) is 38.8 Å². The summed E-state index contributed by atoms with van der Waals surface area (Å²) in [5.41, 5.74) is -0.0268. The van der Waals surface area contributed by atoms with Crippen LogP contribution in [0.4, 0.5) is 5.69 Å². The monoisotopic (exact) mass is 334 g/mol. The third-order valence-corrected chi connectivity index (χ3v) is 4.92. The Hall–Kier alpha value is -1.95. The Labute approximate surface area is 142 Å². The molecule has 1 aromatic rings. The normalized spacial score (nSPS) is 17.8. The summed E-state index contributed by atoms with van der Waals surface area (Å²) in [7, 11) is 0. The van der Waals surface area contributed by atoms with E-state index in [1.807, 2.05) is 13.8 Å². The highest BCUT2D eigenvalue weighted by Gasteiger charge is 2.46. The molecule has 1 atom stereocenters. The van der Waals surface area contributed by atoms with Crippen molar-refractivity contribution < 1.29 is 14.8 Å². The number of nitro benzene ring substituents is 1. The van der Waals surface area contributed by atoms with E-state index in [4.69, 9.17) is 0 Å². The Kier molecular flexibility index (Phi) is 5.94. The lowest BCUT2D eigenvalue weighted by Crippen LogP contribution is -2.57. The van der Waals surface area contributed by atoms with E-state index in [9.17, 15) is 20.0 Å². The van der Waals surface area contributed by atoms with E-state index in [1.165, 1.54) is 12.1 Å². The molecule has 1 aliphatic carbocycles. The van der Waals surface area contributed by atoms with Crippen LogP contribution in [0.25, 0.3) is 0 Å². The van der Waals surface area contributed by atoms with Crippen LogP contribution in [-0.2, 0) is 11.3 Å². The highest BCUT2D eigenvalue weighted by Crippen LogP contribution is 2.38. The molecular formula is C18H26N2O4. The van der Waals surface area contributed by atoms with E-state index in [0.717, 1.165) is 31.2 Å². The minimum absolute atomic E-state index is 0.0428. The van der Waals surface area contributed by atoms with Crippen molar-refractivity contribution in [1.82, 2.24) is 5.32 Å². The molecule has 0 aliphatic heterocycles. The highest BCUT2D eigenvalue weighted by molar-refractivity contribution is 5.79. The molecule has 1 saturated carbocycles. The number of carboxylic acids is 1. The third-order valence-electron chi connectivity index (χ3n) is 4.92. The fraction of sp³-hybridized carbons (Fsp3) is 0.611. The summed E-state index contributed by atoms with van der Waals surface area (Å²) in [6.07, 6.45) is 4.62. The van der Waals surface area contributed by atoms with Gasteiger partial charge in [-0.25, -0.2) is 0 Å². The molecule has 24 heavy (non-hydrogen) atoms. The van der Waals surface area contributed by atoms with E-state index in [-0.39, 0.29) is 17.5 Å². The van der Waals surface area contributed by atoms with Gasteiger partial charge in [0.25, 0.3) is 5.69 Å². The largest absolute Gasteiger partial charge is 0.480 e. The average Bonchev–Trinajstić information content (AvgIpc) is 3.06. The first-order chi connectivity index (χ1) is 11.3. The van der Waals surface area contributed by atoms with Gasteiger partial charge in [0.05, 0.1) is 4.92 Å². The lowest BCUT2D eigenvalue weighted by atomic mass is 9.76. The molecule has 0 bridgehead atoms. The molecule has 2 rings (SSSR count). The maximum atomic E-state index is 12.2. The van der Waals surface area contributed by atoms with E-state index >= 15 is 0 Å². The fourth-order valence-electron chi connectivity index (χ4n) is 3.78. The maximum Gasteiger partial charge on any atom is 0.324 e. The molecule has 0 aromatic heterocycles. The van der Waals surface area contributed by atoms with Crippen molar-refractivity contribution in [3.05, 3.63) is 39.9 Å². The van der Waals surface area contributed by atoms with Crippen LogP contribution in [0.2, 0.25) is 0 Å². The van der Waals surface area contributed by atoms with Crippen LogP contribution in [0.5, 0.6) is 0 Å². The van der Waals surface area contributed by atoms with Crippen LogP contribution in [-0.4, -0.2) is 21.5 Å². The molecule has 1 aromatic carbocycles. The van der Waals surface area contributed by atoms with Crippen LogP contribution in [0, 0.1) is 22.0 Å². The molecule has 0 saturated heterocycles. The Balaban J connectivity index is 2.17. The van der Waals surface area contributed by atoms with Crippen molar-refractivity contribution in [3.63, 3.8) is 0 Å². The van der Waals surface area contributed by atoms with Gasteiger partial charge in [-0.2, -0.15) is 0 Å². The standard InChI is InChI=1S/C18H26N2O4/c1-13(2)11-18(17(21)22,15-5-3-4-6-15)19-12-14-7-9-16(10-8-14)20(23)24/h7-10,13,15,19H,3-6,11-12H2,1-2H3,(H,21,22). The van der Waals surface area contributed by atoms with Gasteiger partial charge in [0.15, 0.2) is 0 Å². The van der Waals surface area contributed by atoms with Gasteiger partial charge in [-0.15, -0.1) is 0 Å². The Morgan fingerprint density at radius 2 is 1.92 bits per heavy atom. The molecular weight excluding hydrogens is 308 g/mol. The number of benzene rings is 1. The predicted molar refractivity (Wildman–Crippen MR) is 91.7 cm³/mol. The lowest BCUT2D eigenvalue weighted by molar-refractivity contribution is -0.384. The van der Waals surface area contributed by atoms with E-state index in [2.05, 4.69) is 5.32 Å². The number of nitro groups is 1. The Morgan fingerprint density at radius 3 is 2.38 bits per heavy atom. The zero-order chi connectivity index (χ0) is 17.7. The molecule has 0 heterocycles. The molecule has 1 unspecified atom stereocenters. The van der Waals surface area contributed by atoms with E-state index < -0.39 is 16.4 Å². The quantitative estimate of drug-likeness (QED) is 0.558. The number of aliphatic carboxylic acids is 1. The lowest BCUT2D eigenvalue weighted by Gasteiger charge is -2.38. The minimum Gasteiger partial charge on any atom is -0.480 e. The number of carbonyl (C=O) groups is 1. The minimum atomic E-state index is -0.924.